The quantitative estimate of drug-likeness (QED) is 0.824. The maximum atomic E-state index is 5.67. The molecule has 1 fully saturated rings. The summed E-state index contributed by atoms with van der Waals surface area (Å²) in [6.07, 6.45) is 6.17. The third-order valence-electron chi connectivity index (χ3n) is 3.57. The van der Waals surface area contributed by atoms with Gasteiger partial charge in [-0.1, -0.05) is 13.3 Å². The third-order valence-corrected chi connectivity index (χ3v) is 3.57. The molecular formula is C13H21NO. The molecule has 2 heterocycles. The standard InChI is InChI=1S/C13H21NO/c1-3-13(8-4-5-9-14-13)10-12-7-6-11(2)15-12/h6-7,14H,3-5,8-10H2,1-2H3. The Morgan fingerprint density at radius 2 is 2.27 bits per heavy atom. The molecule has 1 aromatic rings. The first-order valence-corrected chi connectivity index (χ1v) is 6.04. The van der Waals surface area contributed by atoms with Gasteiger partial charge in [0, 0.05) is 12.0 Å². The van der Waals surface area contributed by atoms with Crippen LogP contribution in [0.2, 0.25) is 0 Å². The Bertz CT molecular complexity index is 310. The van der Waals surface area contributed by atoms with Crippen molar-refractivity contribution in [2.24, 2.45) is 0 Å². The molecule has 2 nitrogen and oxygen atoms in total. The zero-order chi connectivity index (χ0) is 10.7. The summed E-state index contributed by atoms with van der Waals surface area (Å²) in [5.74, 6) is 2.15. The number of aryl methyl sites for hydroxylation is 1. The lowest BCUT2D eigenvalue weighted by Gasteiger charge is -2.37. The number of rotatable bonds is 3. The highest BCUT2D eigenvalue weighted by molar-refractivity contribution is 5.10. The molecular weight excluding hydrogens is 186 g/mol. The summed E-state index contributed by atoms with van der Waals surface area (Å²) in [6.45, 7) is 5.44. The molecule has 1 saturated heterocycles. The highest BCUT2D eigenvalue weighted by Crippen LogP contribution is 2.27. The van der Waals surface area contributed by atoms with Crippen molar-refractivity contribution in [3.05, 3.63) is 23.7 Å². The van der Waals surface area contributed by atoms with Gasteiger partial charge in [-0.25, -0.2) is 0 Å². The smallest absolute Gasteiger partial charge is 0.106 e. The summed E-state index contributed by atoms with van der Waals surface area (Å²) in [7, 11) is 0. The van der Waals surface area contributed by atoms with Gasteiger partial charge in [0.05, 0.1) is 0 Å². The van der Waals surface area contributed by atoms with Crippen LogP contribution in [0.25, 0.3) is 0 Å². The van der Waals surface area contributed by atoms with Crippen molar-refractivity contribution in [2.45, 2.75) is 51.5 Å². The van der Waals surface area contributed by atoms with Crippen molar-refractivity contribution >= 4 is 0 Å². The van der Waals surface area contributed by atoms with Gasteiger partial charge in [-0.05, 0) is 44.9 Å². The first kappa shape index (κ1) is 10.7. The normalized spacial score (nSPS) is 26.8. The fourth-order valence-corrected chi connectivity index (χ4v) is 2.52. The Morgan fingerprint density at radius 3 is 2.80 bits per heavy atom. The van der Waals surface area contributed by atoms with Crippen LogP contribution in [0.15, 0.2) is 16.5 Å². The first-order valence-electron chi connectivity index (χ1n) is 6.04. The van der Waals surface area contributed by atoms with E-state index < -0.39 is 0 Å². The average molecular weight is 207 g/mol. The maximum Gasteiger partial charge on any atom is 0.106 e. The summed E-state index contributed by atoms with van der Waals surface area (Å²) >= 11 is 0. The van der Waals surface area contributed by atoms with Crippen molar-refractivity contribution in [1.82, 2.24) is 5.32 Å². The van der Waals surface area contributed by atoms with E-state index in [4.69, 9.17) is 4.42 Å². The molecule has 1 N–H and O–H groups in total. The van der Waals surface area contributed by atoms with Crippen LogP contribution in [0.4, 0.5) is 0 Å². The van der Waals surface area contributed by atoms with Crippen LogP contribution in [0.1, 0.15) is 44.1 Å². The summed E-state index contributed by atoms with van der Waals surface area (Å²) in [4.78, 5) is 0. The zero-order valence-corrected chi connectivity index (χ0v) is 9.81. The van der Waals surface area contributed by atoms with E-state index in [9.17, 15) is 0 Å². The molecule has 1 atom stereocenters. The topological polar surface area (TPSA) is 25.2 Å². The van der Waals surface area contributed by atoms with Crippen LogP contribution in [0.5, 0.6) is 0 Å². The Hall–Kier alpha value is -0.760. The number of hydrogen-bond donors (Lipinski definition) is 1. The summed E-state index contributed by atoms with van der Waals surface area (Å²) < 4.78 is 5.67. The molecule has 1 aliphatic rings. The Balaban J connectivity index is 2.06. The molecule has 15 heavy (non-hydrogen) atoms. The summed E-state index contributed by atoms with van der Waals surface area (Å²) in [6, 6.07) is 4.17. The minimum absolute atomic E-state index is 0.294. The number of furan rings is 1. The van der Waals surface area contributed by atoms with E-state index in [1.165, 1.54) is 25.7 Å². The van der Waals surface area contributed by atoms with Crippen LogP contribution in [-0.2, 0) is 6.42 Å². The lowest BCUT2D eigenvalue weighted by Crippen LogP contribution is -2.49. The maximum absolute atomic E-state index is 5.67. The Morgan fingerprint density at radius 1 is 1.40 bits per heavy atom. The first-order chi connectivity index (χ1) is 7.24. The second-order valence-corrected chi connectivity index (χ2v) is 4.71. The fraction of sp³-hybridized carbons (Fsp3) is 0.692. The molecule has 0 bridgehead atoms. The van der Waals surface area contributed by atoms with E-state index in [1.54, 1.807) is 0 Å². The van der Waals surface area contributed by atoms with E-state index in [0.717, 1.165) is 24.5 Å². The van der Waals surface area contributed by atoms with E-state index in [2.05, 4.69) is 24.4 Å². The molecule has 1 aliphatic heterocycles. The molecule has 1 unspecified atom stereocenters. The van der Waals surface area contributed by atoms with Crippen LogP contribution in [-0.4, -0.2) is 12.1 Å². The predicted octanol–water partition coefficient (Wildman–Crippen LogP) is 3.05. The van der Waals surface area contributed by atoms with Gasteiger partial charge in [0.1, 0.15) is 11.5 Å². The van der Waals surface area contributed by atoms with Crippen molar-refractivity contribution in [2.75, 3.05) is 6.54 Å². The minimum Gasteiger partial charge on any atom is -0.466 e. The minimum atomic E-state index is 0.294. The van der Waals surface area contributed by atoms with Gasteiger partial charge in [-0.2, -0.15) is 0 Å². The van der Waals surface area contributed by atoms with Crippen LogP contribution < -0.4 is 5.32 Å². The molecule has 84 valence electrons. The van der Waals surface area contributed by atoms with Gasteiger partial charge < -0.3 is 9.73 Å². The Kier molecular flexibility index (Phi) is 3.15. The number of hydrogen-bond acceptors (Lipinski definition) is 2. The number of nitrogens with one attached hydrogen (secondary N) is 1. The average Bonchev–Trinajstić information content (AvgIpc) is 2.65. The van der Waals surface area contributed by atoms with Gasteiger partial charge in [0.15, 0.2) is 0 Å². The SMILES string of the molecule is CCC1(Cc2ccc(C)o2)CCCCN1. The predicted molar refractivity (Wildman–Crippen MR) is 62.0 cm³/mol. The second-order valence-electron chi connectivity index (χ2n) is 4.71. The highest BCUT2D eigenvalue weighted by Gasteiger charge is 2.30. The van der Waals surface area contributed by atoms with Crippen molar-refractivity contribution < 1.29 is 4.42 Å². The van der Waals surface area contributed by atoms with Gasteiger partial charge in [-0.15, -0.1) is 0 Å². The molecule has 2 heteroatoms. The van der Waals surface area contributed by atoms with Crippen molar-refractivity contribution in [3.8, 4) is 0 Å². The summed E-state index contributed by atoms with van der Waals surface area (Å²) in [5, 5.41) is 3.68. The van der Waals surface area contributed by atoms with Crippen LogP contribution in [0.3, 0.4) is 0 Å². The molecule has 0 spiro atoms. The molecule has 0 radical (unpaired) electrons. The van der Waals surface area contributed by atoms with E-state index in [0.29, 0.717) is 5.54 Å². The lowest BCUT2D eigenvalue weighted by atomic mass is 9.83. The lowest BCUT2D eigenvalue weighted by molar-refractivity contribution is 0.229. The van der Waals surface area contributed by atoms with Gasteiger partial charge in [0.25, 0.3) is 0 Å². The van der Waals surface area contributed by atoms with Gasteiger partial charge in [-0.3, -0.25) is 0 Å². The van der Waals surface area contributed by atoms with Gasteiger partial charge in [0.2, 0.25) is 0 Å². The van der Waals surface area contributed by atoms with E-state index in [1.807, 2.05) is 6.92 Å². The summed E-state index contributed by atoms with van der Waals surface area (Å²) in [5.41, 5.74) is 0.294. The molecule has 2 rings (SSSR count). The van der Waals surface area contributed by atoms with Gasteiger partial charge >= 0.3 is 0 Å². The molecule has 0 amide bonds. The van der Waals surface area contributed by atoms with E-state index >= 15 is 0 Å². The van der Waals surface area contributed by atoms with Crippen molar-refractivity contribution in [3.63, 3.8) is 0 Å². The van der Waals surface area contributed by atoms with E-state index in [-0.39, 0.29) is 0 Å². The fourth-order valence-electron chi connectivity index (χ4n) is 2.52. The molecule has 0 aromatic carbocycles. The zero-order valence-electron chi connectivity index (χ0n) is 9.81. The van der Waals surface area contributed by atoms with Crippen molar-refractivity contribution in [1.29, 1.82) is 0 Å². The largest absolute Gasteiger partial charge is 0.466 e. The highest BCUT2D eigenvalue weighted by atomic mass is 16.3. The number of piperidine rings is 1. The molecule has 1 aromatic heterocycles. The van der Waals surface area contributed by atoms with Crippen LogP contribution in [0, 0.1) is 6.92 Å². The molecule has 0 saturated carbocycles. The monoisotopic (exact) mass is 207 g/mol. The third kappa shape index (κ3) is 2.43. The molecule has 0 aliphatic carbocycles. The Labute approximate surface area is 92.1 Å². The second kappa shape index (κ2) is 4.40. The van der Waals surface area contributed by atoms with Crippen LogP contribution >= 0.6 is 0 Å².